The lowest BCUT2D eigenvalue weighted by Gasteiger charge is -2.13. The maximum absolute atomic E-state index is 12.7. The second-order valence-corrected chi connectivity index (χ2v) is 13.6. The van der Waals surface area contributed by atoms with Crippen LogP contribution in [-0.4, -0.2) is 23.5 Å². The zero-order valence-electron chi connectivity index (χ0n) is 23.4. The third kappa shape index (κ3) is 14.4. The van der Waals surface area contributed by atoms with E-state index in [2.05, 4.69) is 16.4 Å². The maximum Gasteiger partial charge on any atom is 0.262 e. The zero-order chi connectivity index (χ0) is 29.2. The Balaban J connectivity index is 1.65. The van der Waals surface area contributed by atoms with Gasteiger partial charge in [-0.3, -0.25) is 13.6 Å². The number of halogens is 2. The van der Waals surface area contributed by atoms with Crippen LogP contribution in [0.1, 0.15) is 102 Å². The molecule has 0 aromatic heterocycles. The molecule has 0 heterocycles. The van der Waals surface area contributed by atoms with Crippen molar-refractivity contribution in [3.8, 4) is 5.75 Å². The van der Waals surface area contributed by atoms with Gasteiger partial charge in [-0.25, -0.2) is 12.6 Å². The number of sulfonamides is 1. The molecule has 2 rings (SSSR count). The lowest BCUT2D eigenvalue weighted by Crippen LogP contribution is -2.18. The van der Waals surface area contributed by atoms with Crippen molar-refractivity contribution in [3.63, 3.8) is 0 Å². The van der Waals surface area contributed by atoms with Crippen LogP contribution in [0.5, 0.6) is 5.75 Å². The van der Waals surface area contributed by atoms with Gasteiger partial charge in [0.05, 0.1) is 33.8 Å². The largest absolute Gasteiger partial charge is 0.505 e. The molecule has 7 nitrogen and oxygen atoms in total. The van der Waals surface area contributed by atoms with Crippen molar-refractivity contribution in [1.82, 2.24) is 0 Å². The van der Waals surface area contributed by atoms with Gasteiger partial charge in [0.25, 0.3) is 11.3 Å². The monoisotopic (exact) mass is 634 g/mol. The van der Waals surface area contributed by atoms with Gasteiger partial charge in [-0.2, -0.15) is 0 Å². The summed E-state index contributed by atoms with van der Waals surface area (Å²) in [6, 6.07) is 9.56. The normalized spacial score (nSPS) is 12.4. The van der Waals surface area contributed by atoms with E-state index in [9.17, 15) is 17.7 Å². The molecule has 0 aliphatic rings. The minimum absolute atomic E-state index is 0.00514. The quantitative estimate of drug-likeness (QED) is 0.0884. The fourth-order valence-electron chi connectivity index (χ4n) is 4.32. The Hall–Kier alpha value is -1.52. The molecule has 0 amide bonds. The molecule has 1 atom stereocenters. The van der Waals surface area contributed by atoms with Crippen LogP contribution in [-0.2, 0) is 32.1 Å². The van der Waals surface area contributed by atoms with E-state index in [0.29, 0.717) is 23.4 Å². The first-order valence-electron chi connectivity index (χ1n) is 14.3. The molecule has 2 aromatic rings. The van der Waals surface area contributed by atoms with Crippen molar-refractivity contribution in [2.75, 3.05) is 15.2 Å². The number of nitrogens with one attached hydrogen (secondary N) is 2. The van der Waals surface area contributed by atoms with Gasteiger partial charge < -0.3 is 5.11 Å². The SMILES string of the molecule is CCCCCCCCCCCCCCCCS(=O)(=O)Nc1ccccc1COS(=O)Nc1cc(Cl)c(O)c(Cl)c1. The number of hydrogen-bond donors (Lipinski definition) is 3. The number of para-hydroxylation sites is 1. The number of aromatic hydroxyl groups is 1. The van der Waals surface area contributed by atoms with E-state index < -0.39 is 21.3 Å². The highest BCUT2D eigenvalue weighted by Crippen LogP contribution is 2.34. The maximum atomic E-state index is 12.7. The average molecular weight is 636 g/mol. The topological polar surface area (TPSA) is 105 Å². The van der Waals surface area contributed by atoms with Gasteiger partial charge >= 0.3 is 0 Å². The molecule has 11 heteroatoms. The predicted molar refractivity (Wildman–Crippen MR) is 169 cm³/mol. The smallest absolute Gasteiger partial charge is 0.262 e. The van der Waals surface area contributed by atoms with Gasteiger partial charge in [0.1, 0.15) is 0 Å². The summed E-state index contributed by atoms with van der Waals surface area (Å²) in [5.74, 6) is -0.216. The van der Waals surface area contributed by atoms with Crippen LogP contribution in [0, 0.1) is 0 Å². The van der Waals surface area contributed by atoms with Crippen LogP contribution in [0.15, 0.2) is 36.4 Å². The van der Waals surface area contributed by atoms with E-state index in [1.54, 1.807) is 24.3 Å². The highest BCUT2D eigenvalue weighted by Gasteiger charge is 2.14. The van der Waals surface area contributed by atoms with E-state index in [0.717, 1.165) is 19.3 Å². The Morgan fingerprint density at radius 3 is 1.88 bits per heavy atom. The molecular formula is C29H44Cl2N2O5S2. The number of rotatable bonds is 22. The van der Waals surface area contributed by atoms with Crippen LogP contribution in [0.3, 0.4) is 0 Å². The molecule has 1 unspecified atom stereocenters. The molecule has 2 aromatic carbocycles. The van der Waals surface area contributed by atoms with Crippen molar-refractivity contribution in [1.29, 1.82) is 0 Å². The molecule has 3 N–H and O–H groups in total. The minimum atomic E-state index is -3.52. The summed E-state index contributed by atoms with van der Waals surface area (Å²) >= 11 is 9.80. The van der Waals surface area contributed by atoms with Gasteiger partial charge in [-0.05, 0) is 24.6 Å². The molecule has 226 valence electrons. The lowest BCUT2D eigenvalue weighted by atomic mass is 10.0. The number of phenols is 1. The summed E-state index contributed by atoms with van der Waals surface area (Å²) < 4.78 is 48.3. The number of anilines is 2. The van der Waals surface area contributed by atoms with Crippen molar-refractivity contribution >= 4 is 55.9 Å². The van der Waals surface area contributed by atoms with E-state index in [1.807, 2.05) is 0 Å². The van der Waals surface area contributed by atoms with Crippen LogP contribution < -0.4 is 9.44 Å². The first-order chi connectivity index (χ1) is 19.2. The van der Waals surface area contributed by atoms with Crippen molar-refractivity contribution in [2.24, 2.45) is 0 Å². The first kappa shape index (κ1) is 34.7. The van der Waals surface area contributed by atoms with Gasteiger partial charge in [-0.15, -0.1) is 0 Å². The third-order valence-electron chi connectivity index (χ3n) is 6.59. The summed E-state index contributed by atoms with van der Waals surface area (Å²) in [4.78, 5) is 0. The van der Waals surface area contributed by atoms with E-state index in [1.165, 1.54) is 76.3 Å². The summed E-state index contributed by atoms with van der Waals surface area (Å²) in [5.41, 5.74) is 1.23. The summed E-state index contributed by atoms with van der Waals surface area (Å²) in [7, 11) is -3.52. The Bertz CT molecular complexity index is 1130. The van der Waals surface area contributed by atoms with Gasteiger partial charge in [0, 0.05) is 5.56 Å². The zero-order valence-corrected chi connectivity index (χ0v) is 26.6. The average Bonchev–Trinajstić information content (AvgIpc) is 2.91. The minimum Gasteiger partial charge on any atom is -0.505 e. The van der Waals surface area contributed by atoms with Crippen molar-refractivity contribution < 1.29 is 21.9 Å². The standard InChI is InChI=1S/C29H44Cl2N2O5S2/c1-2-3-4-5-6-7-8-9-10-11-12-13-14-17-20-40(36,37)33-28-19-16-15-18-24(28)23-38-39(35)32-25-21-26(30)29(34)27(31)22-25/h15-16,18-19,21-22,32-34H,2-14,17,20,23H2,1H3. The summed E-state index contributed by atoms with van der Waals surface area (Å²) in [5, 5.41) is 9.66. The van der Waals surface area contributed by atoms with Crippen molar-refractivity contribution in [2.45, 2.75) is 103 Å². The summed E-state index contributed by atoms with van der Waals surface area (Å²) in [6.07, 6.45) is 16.9. The molecule has 0 aliphatic carbocycles. The summed E-state index contributed by atoms with van der Waals surface area (Å²) in [6.45, 7) is 2.15. The molecule has 0 aliphatic heterocycles. The van der Waals surface area contributed by atoms with E-state index in [4.69, 9.17) is 27.4 Å². The van der Waals surface area contributed by atoms with Gasteiger partial charge in [-0.1, -0.05) is 132 Å². The molecular weight excluding hydrogens is 591 g/mol. The van der Waals surface area contributed by atoms with Gasteiger partial charge in [0.2, 0.25) is 10.0 Å². The third-order valence-corrected chi connectivity index (χ3v) is 9.26. The lowest BCUT2D eigenvalue weighted by molar-refractivity contribution is 0.340. The second-order valence-electron chi connectivity index (χ2n) is 10.1. The molecule has 0 spiro atoms. The highest BCUT2D eigenvalue weighted by atomic mass is 35.5. The molecule has 0 bridgehead atoms. The molecule has 0 fully saturated rings. The molecule has 0 radical (unpaired) electrons. The van der Waals surface area contributed by atoms with Crippen molar-refractivity contribution in [3.05, 3.63) is 52.0 Å². The highest BCUT2D eigenvalue weighted by molar-refractivity contribution is 7.92. The fraction of sp³-hybridized carbons (Fsp3) is 0.586. The van der Waals surface area contributed by atoms with E-state index in [-0.39, 0.29) is 28.2 Å². The first-order valence-corrected chi connectivity index (χ1v) is 17.8. The Kier molecular flexibility index (Phi) is 17.0. The Labute approximate surface area is 253 Å². The van der Waals surface area contributed by atoms with E-state index >= 15 is 0 Å². The number of benzene rings is 2. The number of phenolic OH excluding ortho intramolecular Hbond substituents is 1. The molecule has 40 heavy (non-hydrogen) atoms. The molecule has 0 saturated carbocycles. The molecule has 0 saturated heterocycles. The fourth-order valence-corrected chi connectivity index (χ4v) is 6.63. The van der Waals surface area contributed by atoms with Crippen LogP contribution in [0.25, 0.3) is 0 Å². The Morgan fingerprint density at radius 1 is 0.825 bits per heavy atom. The number of hydrogen-bond acceptors (Lipinski definition) is 5. The number of unbranched alkanes of at least 4 members (excludes halogenated alkanes) is 13. The van der Waals surface area contributed by atoms with Gasteiger partial charge in [0.15, 0.2) is 5.75 Å². The predicted octanol–water partition coefficient (Wildman–Crippen LogP) is 9.13. The second kappa shape index (κ2) is 19.6. The van der Waals surface area contributed by atoms with Crippen LogP contribution >= 0.6 is 23.2 Å². The van der Waals surface area contributed by atoms with Crippen LogP contribution in [0.2, 0.25) is 10.0 Å². The Morgan fingerprint density at radius 2 is 1.32 bits per heavy atom. The van der Waals surface area contributed by atoms with Crippen LogP contribution in [0.4, 0.5) is 11.4 Å².